The molecule has 160 valence electrons. The number of aliphatic hydroxyl groups is 1. The number of amides is 1. The van der Waals surface area contributed by atoms with Crippen LogP contribution in [0.15, 0.2) is 30.3 Å². The van der Waals surface area contributed by atoms with E-state index in [0.717, 1.165) is 42.6 Å². The molecule has 6 nitrogen and oxygen atoms in total. The largest absolute Gasteiger partial charge is 0.508 e. The van der Waals surface area contributed by atoms with Gasteiger partial charge in [-0.2, -0.15) is 0 Å². The molecule has 0 bridgehead atoms. The molecule has 2 aliphatic heterocycles. The van der Waals surface area contributed by atoms with Crippen LogP contribution >= 0.6 is 0 Å². The van der Waals surface area contributed by atoms with Crippen molar-refractivity contribution in [3.8, 4) is 11.5 Å². The molecule has 0 unspecified atom stereocenters. The van der Waals surface area contributed by atoms with Gasteiger partial charge in [-0.25, -0.2) is 0 Å². The molecule has 30 heavy (non-hydrogen) atoms. The number of carbonyl (C=O) groups is 1. The van der Waals surface area contributed by atoms with Crippen molar-refractivity contribution >= 4 is 5.91 Å². The van der Waals surface area contributed by atoms with Crippen LogP contribution in [0, 0.1) is 0 Å². The van der Waals surface area contributed by atoms with Gasteiger partial charge in [0, 0.05) is 24.6 Å². The quantitative estimate of drug-likeness (QED) is 0.622. The highest BCUT2D eigenvalue weighted by molar-refractivity contribution is 5.97. The highest BCUT2D eigenvalue weighted by atomic mass is 16.3. The molecule has 0 atom stereocenters. The molecule has 0 aromatic heterocycles. The Balaban J connectivity index is 1.59. The Morgan fingerprint density at radius 1 is 1.07 bits per heavy atom. The van der Waals surface area contributed by atoms with E-state index >= 15 is 0 Å². The van der Waals surface area contributed by atoms with Gasteiger partial charge in [-0.3, -0.25) is 4.79 Å². The topological polar surface area (TPSA) is 93.0 Å². The minimum absolute atomic E-state index is 0.00433. The molecule has 0 spiro atoms. The van der Waals surface area contributed by atoms with E-state index in [0.29, 0.717) is 18.7 Å². The minimum atomic E-state index is -0.245. The third-order valence-electron chi connectivity index (χ3n) is 6.69. The van der Waals surface area contributed by atoms with E-state index < -0.39 is 0 Å². The number of nitrogens with one attached hydrogen (secondary N) is 1. The summed E-state index contributed by atoms with van der Waals surface area (Å²) in [5.41, 5.74) is 3.96. The van der Waals surface area contributed by atoms with Crippen LogP contribution in [0.25, 0.3) is 0 Å². The second kappa shape index (κ2) is 7.93. The molecule has 4 N–H and O–H groups in total. The van der Waals surface area contributed by atoms with Crippen LogP contribution in [0.4, 0.5) is 0 Å². The van der Waals surface area contributed by atoms with Crippen molar-refractivity contribution in [2.75, 3.05) is 19.7 Å². The van der Waals surface area contributed by atoms with E-state index in [9.17, 15) is 20.1 Å². The first-order valence-electron chi connectivity index (χ1n) is 10.6. The Morgan fingerprint density at radius 2 is 1.77 bits per heavy atom. The fourth-order valence-corrected chi connectivity index (χ4v) is 4.71. The lowest BCUT2D eigenvalue weighted by Gasteiger charge is -2.36. The highest BCUT2D eigenvalue weighted by Gasteiger charge is 2.35. The van der Waals surface area contributed by atoms with Crippen molar-refractivity contribution in [3.63, 3.8) is 0 Å². The number of piperidine rings is 1. The van der Waals surface area contributed by atoms with Gasteiger partial charge in [-0.05, 0) is 60.2 Å². The number of phenols is 2. The van der Waals surface area contributed by atoms with Crippen LogP contribution in [0.3, 0.4) is 0 Å². The van der Waals surface area contributed by atoms with Crippen molar-refractivity contribution in [2.45, 2.75) is 51.1 Å². The lowest BCUT2D eigenvalue weighted by molar-refractivity contribution is 0.0748. The summed E-state index contributed by atoms with van der Waals surface area (Å²) >= 11 is 0. The standard InChI is InChI=1S/C24H30N2O4/c1-15(2)19-10-20(22(29)11-21(19)28)23(30)26-12-16-3-4-18(9-17(16)13-26)24(14-27)5-7-25-8-6-24/h3-4,9-11,15,25,27-29H,5-8,12-14H2,1-2H3. The maximum absolute atomic E-state index is 13.2. The molecule has 6 heteroatoms. The summed E-state index contributed by atoms with van der Waals surface area (Å²) in [6.45, 7) is 6.73. The lowest BCUT2D eigenvalue weighted by atomic mass is 9.73. The van der Waals surface area contributed by atoms with Crippen LogP contribution in [-0.2, 0) is 18.5 Å². The minimum Gasteiger partial charge on any atom is -0.508 e. The number of carbonyl (C=O) groups excluding carboxylic acids is 1. The molecule has 2 heterocycles. The number of aliphatic hydroxyl groups excluding tert-OH is 1. The average Bonchev–Trinajstić information content (AvgIpc) is 3.17. The van der Waals surface area contributed by atoms with Gasteiger partial charge in [-0.15, -0.1) is 0 Å². The molecule has 1 fully saturated rings. The molecule has 2 aromatic carbocycles. The number of rotatable bonds is 4. The number of fused-ring (bicyclic) bond motifs is 1. The normalized spacial score (nSPS) is 17.9. The van der Waals surface area contributed by atoms with E-state index in [1.165, 1.54) is 6.07 Å². The summed E-state index contributed by atoms with van der Waals surface area (Å²) in [4.78, 5) is 14.9. The van der Waals surface area contributed by atoms with Crippen molar-refractivity contribution < 1.29 is 20.1 Å². The van der Waals surface area contributed by atoms with Crippen LogP contribution in [0.5, 0.6) is 11.5 Å². The van der Waals surface area contributed by atoms with E-state index in [2.05, 4.69) is 23.5 Å². The monoisotopic (exact) mass is 410 g/mol. The third-order valence-corrected chi connectivity index (χ3v) is 6.69. The fraction of sp³-hybridized carbons (Fsp3) is 0.458. The zero-order valence-electron chi connectivity index (χ0n) is 17.6. The smallest absolute Gasteiger partial charge is 0.258 e. The number of hydrogen-bond donors (Lipinski definition) is 4. The van der Waals surface area contributed by atoms with Crippen molar-refractivity contribution in [2.24, 2.45) is 0 Å². The maximum atomic E-state index is 13.2. The lowest BCUT2D eigenvalue weighted by Crippen LogP contribution is -2.42. The van der Waals surface area contributed by atoms with E-state index in [-0.39, 0.29) is 40.9 Å². The summed E-state index contributed by atoms with van der Waals surface area (Å²) in [5.74, 6) is -0.404. The Kier molecular flexibility index (Phi) is 5.47. The van der Waals surface area contributed by atoms with Gasteiger partial charge in [0.05, 0.1) is 12.2 Å². The molecule has 0 aliphatic carbocycles. The van der Waals surface area contributed by atoms with Crippen LogP contribution < -0.4 is 5.32 Å². The van der Waals surface area contributed by atoms with Gasteiger partial charge in [0.25, 0.3) is 5.91 Å². The van der Waals surface area contributed by atoms with Gasteiger partial charge in [0.2, 0.25) is 0 Å². The van der Waals surface area contributed by atoms with Gasteiger partial charge in [0.1, 0.15) is 11.5 Å². The number of aromatic hydroxyl groups is 2. The number of hydrogen-bond acceptors (Lipinski definition) is 5. The van der Waals surface area contributed by atoms with Gasteiger partial charge >= 0.3 is 0 Å². The predicted octanol–water partition coefficient (Wildman–Crippen LogP) is 2.99. The first kappa shape index (κ1) is 20.7. The summed E-state index contributed by atoms with van der Waals surface area (Å²) in [7, 11) is 0. The molecule has 0 saturated carbocycles. The Bertz CT molecular complexity index is 964. The molecule has 2 aromatic rings. The summed E-state index contributed by atoms with van der Waals surface area (Å²) in [6.07, 6.45) is 1.79. The average molecular weight is 411 g/mol. The molecule has 0 radical (unpaired) electrons. The number of phenolic OH excluding ortho intramolecular Hbond substituents is 2. The van der Waals surface area contributed by atoms with Gasteiger partial charge < -0.3 is 25.5 Å². The summed E-state index contributed by atoms with van der Waals surface area (Å²) < 4.78 is 0. The molecule has 2 aliphatic rings. The molecule has 1 amide bonds. The van der Waals surface area contributed by atoms with E-state index in [4.69, 9.17) is 0 Å². The SMILES string of the molecule is CC(C)c1cc(C(=O)N2Cc3ccc(C4(CO)CCNCC4)cc3C2)c(O)cc1O. The van der Waals surface area contributed by atoms with Crippen LogP contribution in [0.2, 0.25) is 0 Å². The highest BCUT2D eigenvalue weighted by Crippen LogP contribution is 2.37. The molecular weight excluding hydrogens is 380 g/mol. The molecule has 1 saturated heterocycles. The maximum Gasteiger partial charge on any atom is 0.258 e. The zero-order chi connectivity index (χ0) is 21.5. The second-order valence-corrected chi connectivity index (χ2v) is 8.92. The van der Waals surface area contributed by atoms with Crippen molar-refractivity contribution in [1.29, 1.82) is 0 Å². The third kappa shape index (κ3) is 3.55. The number of nitrogens with zero attached hydrogens (tertiary/aromatic N) is 1. The zero-order valence-corrected chi connectivity index (χ0v) is 17.6. The van der Waals surface area contributed by atoms with Crippen molar-refractivity contribution in [1.82, 2.24) is 10.2 Å². The Morgan fingerprint density at radius 3 is 2.43 bits per heavy atom. The summed E-state index contributed by atoms with van der Waals surface area (Å²) in [5, 5.41) is 33.8. The Labute approximate surface area is 177 Å². The Hall–Kier alpha value is -2.57. The first-order valence-corrected chi connectivity index (χ1v) is 10.6. The summed E-state index contributed by atoms with van der Waals surface area (Å²) in [6, 6.07) is 9.14. The van der Waals surface area contributed by atoms with Gasteiger partial charge in [-0.1, -0.05) is 32.0 Å². The number of benzene rings is 2. The first-order chi connectivity index (χ1) is 14.3. The van der Waals surface area contributed by atoms with E-state index in [1.807, 2.05) is 13.8 Å². The fourth-order valence-electron chi connectivity index (χ4n) is 4.71. The second-order valence-electron chi connectivity index (χ2n) is 8.92. The van der Waals surface area contributed by atoms with Crippen LogP contribution in [0.1, 0.15) is 65.2 Å². The van der Waals surface area contributed by atoms with E-state index in [1.54, 1.807) is 11.0 Å². The van der Waals surface area contributed by atoms with Gasteiger partial charge in [0.15, 0.2) is 0 Å². The van der Waals surface area contributed by atoms with Crippen LogP contribution in [-0.4, -0.2) is 45.8 Å². The molecular formula is C24H30N2O4. The van der Waals surface area contributed by atoms with Crippen molar-refractivity contribution in [3.05, 3.63) is 58.1 Å². The predicted molar refractivity (Wildman–Crippen MR) is 115 cm³/mol. The molecule has 4 rings (SSSR count).